The van der Waals surface area contributed by atoms with Gasteiger partial charge in [0.1, 0.15) is 5.75 Å². The number of hydrogen-bond acceptors (Lipinski definition) is 4. The molecule has 1 aromatic carbocycles. The Hall–Kier alpha value is -2.27. The fraction of sp³-hybridized carbons (Fsp3) is 0.353. The van der Waals surface area contributed by atoms with E-state index in [9.17, 15) is 4.79 Å². The molecule has 2 rings (SSSR count). The molecule has 5 nitrogen and oxygen atoms in total. The van der Waals surface area contributed by atoms with E-state index in [1.54, 1.807) is 12.4 Å². The lowest BCUT2D eigenvalue weighted by molar-refractivity contribution is 0.120. The molecule has 1 aromatic rings. The second kappa shape index (κ2) is 8.89. The zero-order valence-electron chi connectivity index (χ0n) is 12.5. The molecule has 0 atom stereocenters. The molecule has 0 spiro atoms. The van der Waals surface area contributed by atoms with Gasteiger partial charge >= 0.3 is 6.09 Å². The van der Waals surface area contributed by atoms with Gasteiger partial charge in [0.05, 0.1) is 13.2 Å². The van der Waals surface area contributed by atoms with E-state index in [-0.39, 0.29) is 12.7 Å². The van der Waals surface area contributed by atoms with Crippen LogP contribution in [0.2, 0.25) is 0 Å². The van der Waals surface area contributed by atoms with Gasteiger partial charge in [0.15, 0.2) is 0 Å². The van der Waals surface area contributed by atoms with Crippen molar-refractivity contribution in [1.82, 2.24) is 4.90 Å². The monoisotopic (exact) mass is 303 g/mol. The average molecular weight is 303 g/mol. The molecule has 0 aromatic heterocycles. The number of carbonyl (C=O) groups is 1. The van der Waals surface area contributed by atoms with Gasteiger partial charge in [0, 0.05) is 25.4 Å². The molecular formula is C17H21NO4. The summed E-state index contributed by atoms with van der Waals surface area (Å²) in [6, 6.07) is 7.61. The van der Waals surface area contributed by atoms with E-state index in [1.807, 2.05) is 36.4 Å². The average Bonchev–Trinajstić information content (AvgIpc) is 2.57. The molecule has 0 saturated heterocycles. The Morgan fingerprint density at radius 3 is 2.55 bits per heavy atom. The van der Waals surface area contributed by atoms with Crippen molar-refractivity contribution < 1.29 is 19.4 Å². The van der Waals surface area contributed by atoms with Crippen LogP contribution in [-0.2, 0) is 11.2 Å². The minimum atomic E-state index is -0.374. The van der Waals surface area contributed by atoms with E-state index in [4.69, 9.17) is 14.6 Å². The van der Waals surface area contributed by atoms with Gasteiger partial charge in [-0.05, 0) is 30.5 Å². The minimum Gasteiger partial charge on any atom is -0.493 e. The number of benzene rings is 1. The number of ether oxygens (including phenoxy) is 2. The minimum absolute atomic E-state index is 0.146. The van der Waals surface area contributed by atoms with Crippen molar-refractivity contribution >= 4 is 6.09 Å². The summed E-state index contributed by atoms with van der Waals surface area (Å²) in [5, 5.41) is 8.84. The Morgan fingerprint density at radius 2 is 1.86 bits per heavy atom. The van der Waals surface area contributed by atoms with Gasteiger partial charge in [-0.1, -0.05) is 24.3 Å². The molecule has 0 saturated carbocycles. The van der Waals surface area contributed by atoms with Crippen LogP contribution in [-0.4, -0.2) is 35.9 Å². The summed E-state index contributed by atoms with van der Waals surface area (Å²) < 4.78 is 10.7. The van der Waals surface area contributed by atoms with E-state index < -0.39 is 0 Å². The van der Waals surface area contributed by atoms with Gasteiger partial charge in [0.25, 0.3) is 0 Å². The number of aliphatic hydroxyl groups is 1. The number of nitrogens with zero attached hydrogens (tertiary/aromatic N) is 1. The Morgan fingerprint density at radius 1 is 1.14 bits per heavy atom. The summed E-state index contributed by atoms with van der Waals surface area (Å²) in [5.41, 5.74) is 1.08. The summed E-state index contributed by atoms with van der Waals surface area (Å²) in [6.45, 7) is 0.949. The standard InChI is InChI=1S/C17H21NO4/c19-12-9-15-5-7-16(8-6-15)21-13-4-14-22-17(20)18-10-2-1-3-11-18/h2-3,5-8,10-11,19H,1,4,9,12-14H2. The largest absolute Gasteiger partial charge is 0.493 e. The number of allylic oxidation sites excluding steroid dienone is 2. The molecule has 1 N–H and O–H groups in total. The fourth-order valence-corrected chi connectivity index (χ4v) is 1.96. The number of aliphatic hydroxyl groups excluding tert-OH is 1. The first-order valence-electron chi connectivity index (χ1n) is 7.40. The topological polar surface area (TPSA) is 59.0 Å². The van der Waals surface area contributed by atoms with Crippen molar-refractivity contribution in [2.24, 2.45) is 0 Å². The molecule has 0 bridgehead atoms. The first kappa shape index (κ1) is 16.1. The summed E-state index contributed by atoms with van der Waals surface area (Å²) in [5.74, 6) is 0.773. The van der Waals surface area contributed by atoms with Crippen LogP contribution in [0, 0.1) is 0 Å². The highest BCUT2D eigenvalue weighted by atomic mass is 16.6. The lowest BCUT2D eigenvalue weighted by Gasteiger charge is -2.15. The third-order valence-electron chi connectivity index (χ3n) is 3.12. The van der Waals surface area contributed by atoms with Crippen molar-refractivity contribution in [2.45, 2.75) is 19.3 Å². The number of hydrogen-bond donors (Lipinski definition) is 1. The fourth-order valence-electron chi connectivity index (χ4n) is 1.96. The number of carbonyl (C=O) groups excluding carboxylic acids is 1. The van der Waals surface area contributed by atoms with Crippen molar-refractivity contribution in [3.8, 4) is 5.75 Å². The predicted octanol–water partition coefficient (Wildman–Crippen LogP) is 2.86. The molecule has 5 heteroatoms. The van der Waals surface area contributed by atoms with Crippen LogP contribution in [0.15, 0.2) is 48.8 Å². The van der Waals surface area contributed by atoms with Crippen LogP contribution in [0.3, 0.4) is 0 Å². The molecule has 0 radical (unpaired) electrons. The van der Waals surface area contributed by atoms with Crippen molar-refractivity contribution in [2.75, 3.05) is 19.8 Å². The second-order valence-electron chi connectivity index (χ2n) is 4.85. The van der Waals surface area contributed by atoms with Crippen LogP contribution in [0.1, 0.15) is 18.4 Å². The normalized spacial score (nSPS) is 13.2. The Labute approximate surface area is 130 Å². The smallest absolute Gasteiger partial charge is 0.417 e. The third kappa shape index (κ3) is 5.26. The Balaban J connectivity index is 1.60. The number of amides is 1. The van der Waals surface area contributed by atoms with Crippen LogP contribution in [0.25, 0.3) is 0 Å². The Kier molecular flexibility index (Phi) is 6.51. The van der Waals surface area contributed by atoms with Gasteiger partial charge in [-0.3, -0.25) is 4.90 Å². The molecule has 0 aliphatic carbocycles. The van der Waals surface area contributed by atoms with E-state index in [1.165, 1.54) is 4.90 Å². The maximum Gasteiger partial charge on any atom is 0.417 e. The van der Waals surface area contributed by atoms with E-state index in [2.05, 4.69) is 0 Å². The van der Waals surface area contributed by atoms with Crippen LogP contribution in [0.5, 0.6) is 5.75 Å². The van der Waals surface area contributed by atoms with Gasteiger partial charge in [-0.2, -0.15) is 0 Å². The molecule has 1 aliphatic rings. The maximum absolute atomic E-state index is 11.7. The third-order valence-corrected chi connectivity index (χ3v) is 3.12. The molecule has 118 valence electrons. The van der Waals surface area contributed by atoms with E-state index in [0.717, 1.165) is 17.7 Å². The lowest BCUT2D eigenvalue weighted by atomic mass is 10.1. The molecule has 0 unspecified atom stereocenters. The zero-order chi connectivity index (χ0) is 15.6. The van der Waals surface area contributed by atoms with Crippen LogP contribution < -0.4 is 4.74 Å². The highest BCUT2D eigenvalue weighted by Gasteiger charge is 2.10. The van der Waals surface area contributed by atoms with Crippen molar-refractivity contribution in [3.05, 3.63) is 54.4 Å². The molecule has 22 heavy (non-hydrogen) atoms. The lowest BCUT2D eigenvalue weighted by Crippen LogP contribution is -2.23. The molecule has 0 fully saturated rings. The number of rotatable bonds is 7. The van der Waals surface area contributed by atoms with Crippen molar-refractivity contribution in [3.63, 3.8) is 0 Å². The highest BCUT2D eigenvalue weighted by Crippen LogP contribution is 2.13. The van der Waals surface area contributed by atoms with Crippen molar-refractivity contribution in [1.29, 1.82) is 0 Å². The zero-order valence-corrected chi connectivity index (χ0v) is 12.5. The van der Waals surface area contributed by atoms with Gasteiger partial charge < -0.3 is 14.6 Å². The predicted molar refractivity (Wildman–Crippen MR) is 83.4 cm³/mol. The molecule has 1 aliphatic heterocycles. The quantitative estimate of drug-likeness (QED) is 0.787. The van der Waals surface area contributed by atoms with Gasteiger partial charge in [-0.25, -0.2) is 4.79 Å². The first-order chi connectivity index (χ1) is 10.8. The van der Waals surface area contributed by atoms with Crippen LogP contribution in [0.4, 0.5) is 4.79 Å². The van der Waals surface area contributed by atoms with E-state index >= 15 is 0 Å². The Bertz CT molecular complexity index is 510. The first-order valence-corrected chi connectivity index (χ1v) is 7.40. The van der Waals surface area contributed by atoms with Gasteiger partial charge in [0.2, 0.25) is 0 Å². The molecular weight excluding hydrogens is 282 g/mol. The molecule has 1 amide bonds. The van der Waals surface area contributed by atoms with Crippen LogP contribution >= 0.6 is 0 Å². The second-order valence-corrected chi connectivity index (χ2v) is 4.85. The summed E-state index contributed by atoms with van der Waals surface area (Å²) in [4.78, 5) is 13.1. The summed E-state index contributed by atoms with van der Waals surface area (Å²) >= 11 is 0. The highest BCUT2D eigenvalue weighted by molar-refractivity contribution is 5.70. The van der Waals surface area contributed by atoms with Gasteiger partial charge in [-0.15, -0.1) is 0 Å². The SMILES string of the molecule is O=C(OCCCOc1ccc(CCO)cc1)N1C=CCC=C1. The summed E-state index contributed by atoms with van der Waals surface area (Å²) in [6.07, 6.45) is 8.94. The summed E-state index contributed by atoms with van der Waals surface area (Å²) in [7, 11) is 0. The molecule has 1 heterocycles. The van der Waals surface area contributed by atoms with E-state index in [0.29, 0.717) is 26.1 Å². The maximum atomic E-state index is 11.7.